The van der Waals surface area contributed by atoms with E-state index < -0.39 is 0 Å². The van der Waals surface area contributed by atoms with Crippen molar-refractivity contribution in [1.29, 1.82) is 0 Å². The number of amides is 2. The minimum absolute atomic E-state index is 0.0107. The third kappa shape index (κ3) is 6.94. The molecule has 2 heterocycles. The fourth-order valence-corrected chi connectivity index (χ4v) is 4.73. The van der Waals surface area contributed by atoms with Gasteiger partial charge in [-0.25, -0.2) is 0 Å². The zero-order valence-corrected chi connectivity index (χ0v) is 19.9. The minimum Gasteiger partial charge on any atom is -0.369 e. The highest BCUT2D eigenvalue weighted by molar-refractivity contribution is 5.92. The van der Waals surface area contributed by atoms with Crippen LogP contribution in [0, 0.1) is 5.92 Å². The maximum Gasteiger partial charge on any atom is 0.246 e. The number of hydrogen-bond acceptors (Lipinski definition) is 4. The van der Waals surface area contributed by atoms with Gasteiger partial charge in [0.15, 0.2) is 0 Å². The molecule has 0 unspecified atom stereocenters. The molecule has 2 saturated heterocycles. The van der Waals surface area contributed by atoms with E-state index in [1.165, 1.54) is 5.69 Å². The largest absolute Gasteiger partial charge is 0.369 e. The van der Waals surface area contributed by atoms with E-state index in [0.717, 1.165) is 64.1 Å². The molecule has 2 aliphatic rings. The molecule has 2 aliphatic heterocycles. The second-order valence-corrected chi connectivity index (χ2v) is 9.15. The summed E-state index contributed by atoms with van der Waals surface area (Å²) < 4.78 is 0. The van der Waals surface area contributed by atoms with E-state index >= 15 is 0 Å². The molecule has 0 bridgehead atoms. The number of piperazine rings is 1. The third-order valence-corrected chi connectivity index (χ3v) is 6.84. The quantitative estimate of drug-likeness (QED) is 0.485. The minimum atomic E-state index is 0.0107. The molecule has 6 nitrogen and oxygen atoms in total. The predicted molar refractivity (Wildman–Crippen MR) is 138 cm³/mol. The van der Waals surface area contributed by atoms with Gasteiger partial charge in [0.25, 0.3) is 0 Å². The van der Waals surface area contributed by atoms with Crippen molar-refractivity contribution in [1.82, 2.24) is 15.1 Å². The van der Waals surface area contributed by atoms with Crippen LogP contribution in [-0.4, -0.2) is 74.0 Å². The number of carbonyl (C=O) groups excluding carboxylic acids is 2. The van der Waals surface area contributed by atoms with E-state index in [9.17, 15) is 9.59 Å². The van der Waals surface area contributed by atoms with Crippen LogP contribution < -0.4 is 10.2 Å². The second kappa shape index (κ2) is 12.4. The van der Waals surface area contributed by atoms with Gasteiger partial charge in [-0.2, -0.15) is 0 Å². The molecule has 0 aromatic heterocycles. The van der Waals surface area contributed by atoms with Gasteiger partial charge in [-0.15, -0.1) is 0 Å². The smallest absolute Gasteiger partial charge is 0.246 e. The SMILES string of the molecule is O=C(NCCCN1CCN(c2ccccc2)CC1)C1CCN(C(=O)/C=C/c2ccccc2)CC1. The molecule has 0 saturated carbocycles. The highest BCUT2D eigenvalue weighted by atomic mass is 16.2. The van der Waals surface area contributed by atoms with Crippen LogP contribution in [0.15, 0.2) is 66.7 Å². The fraction of sp³-hybridized carbons (Fsp3) is 0.429. The Morgan fingerprint density at radius 3 is 2.18 bits per heavy atom. The first-order chi connectivity index (χ1) is 16.7. The lowest BCUT2D eigenvalue weighted by Crippen LogP contribution is -2.47. The van der Waals surface area contributed by atoms with Gasteiger partial charge in [-0.05, 0) is 49.6 Å². The summed E-state index contributed by atoms with van der Waals surface area (Å²) in [6.45, 7) is 7.24. The normalized spacial score (nSPS) is 17.8. The topological polar surface area (TPSA) is 55.9 Å². The van der Waals surface area contributed by atoms with E-state index in [1.54, 1.807) is 6.08 Å². The number of hydrogen-bond donors (Lipinski definition) is 1. The van der Waals surface area contributed by atoms with Gasteiger partial charge in [0.2, 0.25) is 11.8 Å². The Bertz CT molecular complexity index is 931. The Morgan fingerprint density at radius 1 is 0.853 bits per heavy atom. The van der Waals surface area contributed by atoms with Gasteiger partial charge in [0.1, 0.15) is 0 Å². The average Bonchev–Trinajstić information content (AvgIpc) is 2.91. The zero-order chi connectivity index (χ0) is 23.6. The Labute approximate surface area is 203 Å². The zero-order valence-electron chi connectivity index (χ0n) is 19.9. The molecule has 2 aromatic carbocycles. The van der Waals surface area contributed by atoms with Crippen molar-refractivity contribution >= 4 is 23.6 Å². The summed E-state index contributed by atoms with van der Waals surface area (Å²) in [5.74, 6) is 0.174. The lowest BCUT2D eigenvalue weighted by atomic mass is 9.95. The summed E-state index contributed by atoms with van der Waals surface area (Å²) in [5.41, 5.74) is 2.32. The molecule has 0 atom stereocenters. The molecule has 0 aliphatic carbocycles. The molecule has 2 amide bonds. The van der Waals surface area contributed by atoms with Crippen LogP contribution in [0.1, 0.15) is 24.8 Å². The predicted octanol–water partition coefficient (Wildman–Crippen LogP) is 3.27. The van der Waals surface area contributed by atoms with Crippen LogP contribution >= 0.6 is 0 Å². The first kappa shape index (κ1) is 24.0. The Kier molecular flexibility index (Phi) is 8.74. The van der Waals surface area contributed by atoms with Crippen molar-refractivity contribution in [3.8, 4) is 0 Å². The summed E-state index contributed by atoms with van der Waals surface area (Å²) >= 11 is 0. The maximum atomic E-state index is 12.6. The van der Waals surface area contributed by atoms with E-state index in [4.69, 9.17) is 0 Å². The summed E-state index contributed by atoms with van der Waals surface area (Å²) in [6.07, 6.45) is 5.92. The van der Waals surface area contributed by atoms with Crippen molar-refractivity contribution in [3.05, 3.63) is 72.3 Å². The summed E-state index contributed by atoms with van der Waals surface area (Å²) in [4.78, 5) is 31.8. The number of nitrogens with one attached hydrogen (secondary N) is 1. The molecule has 4 rings (SSSR count). The molecule has 2 fully saturated rings. The molecular formula is C28H36N4O2. The Morgan fingerprint density at radius 2 is 1.50 bits per heavy atom. The number of benzene rings is 2. The van der Waals surface area contributed by atoms with Crippen LogP contribution in [0.2, 0.25) is 0 Å². The van der Waals surface area contributed by atoms with E-state index in [-0.39, 0.29) is 17.7 Å². The van der Waals surface area contributed by atoms with Crippen molar-refractivity contribution in [2.24, 2.45) is 5.92 Å². The van der Waals surface area contributed by atoms with E-state index in [0.29, 0.717) is 13.1 Å². The van der Waals surface area contributed by atoms with Crippen molar-refractivity contribution < 1.29 is 9.59 Å². The number of piperidine rings is 1. The number of anilines is 1. The summed E-state index contributed by atoms with van der Waals surface area (Å²) in [5, 5.41) is 3.12. The van der Waals surface area contributed by atoms with Crippen molar-refractivity contribution in [2.45, 2.75) is 19.3 Å². The van der Waals surface area contributed by atoms with Crippen LogP contribution in [-0.2, 0) is 9.59 Å². The molecule has 0 spiro atoms. The van der Waals surface area contributed by atoms with Gasteiger partial charge < -0.3 is 15.1 Å². The van der Waals surface area contributed by atoms with Gasteiger partial charge in [-0.1, -0.05) is 48.5 Å². The highest BCUT2D eigenvalue weighted by Crippen LogP contribution is 2.18. The molecule has 6 heteroatoms. The molecular weight excluding hydrogens is 424 g/mol. The standard InChI is InChI=1S/C28H36N4O2/c33-27(13-12-24-8-3-1-4-9-24)32-18-14-25(15-19-32)28(34)29-16-7-17-30-20-22-31(23-21-30)26-10-5-2-6-11-26/h1-6,8-13,25H,7,14-23H2,(H,29,34)/b13-12+. The van der Waals surface area contributed by atoms with Crippen LogP contribution in [0.4, 0.5) is 5.69 Å². The van der Waals surface area contributed by atoms with Gasteiger partial charge in [-0.3, -0.25) is 14.5 Å². The first-order valence-corrected chi connectivity index (χ1v) is 12.5. The molecule has 2 aromatic rings. The third-order valence-electron chi connectivity index (χ3n) is 6.84. The number of likely N-dealkylation sites (tertiary alicyclic amines) is 1. The Hall–Kier alpha value is -3.12. The summed E-state index contributed by atoms with van der Waals surface area (Å²) in [7, 11) is 0. The van der Waals surface area contributed by atoms with Crippen molar-refractivity contribution in [3.63, 3.8) is 0 Å². The van der Waals surface area contributed by atoms with E-state index in [1.807, 2.05) is 41.3 Å². The average molecular weight is 461 g/mol. The van der Waals surface area contributed by atoms with Gasteiger partial charge >= 0.3 is 0 Å². The van der Waals surface area contributed by atoms with Crippen LogP contribution in [0.5, 0.6) is 0 Å². The van der Waals surface area contributed by atoms with Crippen LogP contribution in [0.25, 0.3) is 6.08 Å². The molecule has 0 radical (unpaired) electrons. The fourth-order valence-electron chi connectivity index (χ4n) is 4.73. The Balaban J connectivity index is 1.09. The molecule has 1 N–H and O–H groups in total. The van der Waals surface area contributed by atoms with E-state index in [2.05, 4.69) is 45.4 Å². The number of carbonyl (C=O) groups is 2. The van der Waals surface area contributed by atoms with Gasteiger partial charge in [0.05, 0.1) is 0 Å². The van der Waals surface area contributed by atoms with Crippen LogP contribution in [0.3, 0.4) is 0 Å². The first-order valence-electron chi connectivity index (χ1n) is 12.5. The monoisotopic (exact) mass is 460 g/mol. The second-order valence-electron chi connectivity index (χ2n) is 9.15. The summed E-state index contributed by atoms with van der Waals surface area (Å²) in [6, 6.07) is 20.4. The molecule has 180 valence electrons. The molecule has 34 heavy (non-hydrogen) atoms. The van der Waals surface area contributed by atoms with Crippen molar-refractivity contribution in [2.75, 3.05) is 57.3 Å². The highest BCUT2D eigenvalue weighted by Gasteiger charge is 2.26. The van der Waals surface area contributed by atoms with Gasteiger partial charge in [0, 0.05) is 63.5 Å². The lowest BCUT2D eigenvalue weighted by Gasteiger charge is -2.36. The maximum absolute atomic E-state index is 12.6. The lowest BCUT2D eigenvalue weighted by molar-refractivity contribution is -0.132. The number of rotatable bonds is 8. The number of para-hydroxylation sites is 1. The number of nitrogens with zero attached hydrogens (tertiary/aromatic N) is 3.